The van der Waals surface area contributed by atoms with E-state index in [1.165, 1.54) is 24.6 Å². The van der Waals surface area contributed by atoms with Crippen LogP contribution >= 0.6 is 23.4 Å². The van der Waals surface area contributed by atoms with Gasteiger partial charge in [-0.3, -0.25) is 9.36 Å². The van der Waals surface area contributed by atoms with Crippen LogP contribution in [-0.2, 0) is 6.54 Å². The van der Waals surface area contributed by atoms with Crippen molar-refractivity contribution in [3.8, 4) is 5.75 Å². The van der Waals surface area contributed by atoms with Crippen molar-refractivity contribution in [1.29, 1.82) is 0 Å². The highest BCUT2D eigenvalue weighted by atomic mass is 35.5. The summed E-state index contributed by atoms with van der Waals surface area (Å²) in [5.41, 5.74) is 9.21. The SMILES string of the molecule is COc1ccc(C)cc1Cn1cnc2ccc(Sc3cnc(N4CCC5(CC[C@@H](C)[C@H]5N)CC4)cn3)c(Cl)c2c1=O. The second-order valence-electron chi connectivity index (χ2n) is 11.5. The van der Waals surface area contributed by atoms with Crippen LogP contribution in [0, 0.1) is 18.3 Å². The van der Waals surface area contributed by atoms with Crippen molar-refractivity contribution in [3.63, 3.8) is 0 Å². The molecule has 214 valence electrons. The third kappa shape index (κ3) is 5.31. The summed E-state index contributed by atoms with van der Waals surface area (Å²) in [6, 6.07) is 9.90. The summed E-state index contributed by atoms with van der Waals surface area (Å²) in [6.07, 6.45) is 9.84. The first-order valence-corrected chi connectivity index (χ1v) is 15.3. The number of hydrogen-bond donors (Lipinski definition) is 1. The Hall–Kier alpha value is -3.14. The Morgan fingerprint density at radius 2 is 1.93 bits per heavy atom. The van der Waals surface area contributed by atoms with Gasteiger partial charge in [0.05, 0.1) is 48.3 Å². The van der Waals surface area contributed by atoms with E-state index in [0.29, 0.717) is 39.5 Å². The normalized spacial score (nSPS) is 20.2. The molecule has 0 unspecified atom stereocenters. The molecule has 2 fully saturated rings. The van der Waals surface area contributed by atoms with E-state index >= 15 is 0 Å². The molecule has 8 nitrogen and oxygen atoms in total. The van der Waals surface area contributed by atoms with Crippen LogP contribution in [0.5, 0.6) is 5.75 Å². The van der Waals surface area contributed by atoms with E-state index in [2.05, 4.69) is 21.8 Å². The Balaban J connectivity index is 1.19. The number of hydrogen-bond acceptors (Lipinski definition) is 8. The second-order valence-corrected chi connectivity index (χ2v) is 12.9. The van der Waals surface area contributed by atoms with Crippen LogP contribution in [0.3, 0.4) is 0 Å². The lowest BCUT2D eigenvalue weighted by atomic mass is 9.73. The summed E-state index contributed by atoms with van der Waals surface area (Å²) in [6.45, 7) is 6.52. The van der Waals surface area contributed by atoms with Gasteiger partial charge < -0.3 is 15.4 Å². The number of benzene rings is 2. The Labute approximate surface area is 249 Å². The summed E-state index contributed by atoms with van der Waals surface area (Å²) >= 11 is 8.21. The lowest BCUT2D eigenvalue weighted by molar-refractivity contribution is 0.186. The van der Waals surface area contributed by atoms with Gasteiger partial charge in [0.1, 0.15) is 16.6 Å². The van der Waals surface area contributed by atoms with Crippen molar-refractivity contribution in [3.05, 3.63) is 75.6 Å². The summed E-state index contributed by atoms with van der Waals surface area (Å²) in [5, 5.41) is 1.46. The van der Waals surface area contributed by atoms with Gasteiger partial charge in [-0.2, -0.15) is 0 Å². The molecule has 2 aromatic heterocycles. The van der Waals surface area contributed by atoms with Gasteiger partial charge in [-0.05, 0) is 62.1 Å². The van der Waals surface area contributed by atoms with Gasteiger partial charge in [-0.1, -0.05) is 48.0 Å². The van der Waals surface area contributed by atoms with Gasteiger partial charge in [0.25, 0.3) is 5.56 Å². The number of halogens is 1. The zero-order valence-electron chi connectivity index (χ0n) is 23.6. The third-order valence-corrected chi connectivity index (χ3v) is 10.5. The average Bonchev–Trinajstić information content (AvgIpc) is 3.25. The highest BCUT2D eigenvalue weighted by Crippen LogP contribution is 2.48. The molecule has 41 heavy (non-hydrogen) atoms. The Morgan fingerprint density at radius 3 is 2.61 bits per heavy atom. The van der Waals surface area contributed by atoms with E-state index in [1.807, 2.05) is 43.5 Å². The number of nitrogens with zero attached hydrogens (tertiary/aromatic N) is 5. The maximum atomic E-state index is 13.5. The lowest BCUT2D eigenvalue weighted by Crippen LogP contribution is -2.48. The minimum absolute atomic E-state index is 0.202. The molecule has 2 atom stereocenters. The molecule has 2 aliphatic rings. The number of aromatic nitrogens is 4. The zero-order chi connectivity index (χ0) is 28.7. The largest absolute Gasteiger partial charge is 0.496 e. The monoisotopic (exact) mass is 590 g/mol. The van der Waals surface area contributed by atoms with Crippen molar-refractivity contribution in [2.75, 3.05) is 25.1 Å². The Bertz CT molecular complexity index is 1630. The van der Waals surface area contributed by atoms with Crippen LogP contribution in [0.25, 0.3) is 10.9 Å². The highest BCUT2D eigenvalue weighted by molar-refractivity contribution is 7.99. The van der Waals surface area contributed by atoms with Crippen molar-refractivity contribution in [2.24, 2.45) is 17.1 Å². The lowest BCUT2D eigenvalue weighted by Gasteiger charge is -2.43. The molecule has 2 N–H and O–H groups in total. The minimum atomic E-state index is -0.202. The summed E-state index contributed by atoms with van der Waals surface area (Å²) in [4.78, 5) is 30.5. The molecule has 0 radical (unpaired) electrons. The van der Waals surface area contributed by atoms with E-state index in [1.54, 1.807) is 24.2 Å². The molecule has 2 aromatic carbocycles. The maximum absolute atomic E-state index is 13.5. The van der Waals surface area contributed by atoms with Crippen molar-refractivity contribution in [1.82, 2.24) is 19.5 Å². The van der Waals surface area contributed by atoms with Gasteiger partial charge in [0.15, 0.2) is 0 Å². The smallest absolute Gasteiger partial charge is 0.263 e. The van der Waals surface area contributed by atoms with E-state index < -0.39 is 0 Å². The molecule has 4 aromatic rings. The van der Waals surface area contributed by atoms with Crippen LogP contribution in [-0.4, -0.2) is 45.8 Å². The first kappa shape index (κ1) is 28.0. The summed E-state index contributed by atoms with van der Waals surface area (Å²) < 4.78 is 7.07. The predicted molar refractivity (Wildman–Crippen MR) is 164 cm³/mol. The highest BCUT2D eigenvalue weighted by Gasteiger charge is 2.46. The number of piperidine rings is 1. The molecular weight excluding hydrogens is 556 g/mol. The molecule has 1 saturated carbocycles. The molecule has 0 amide bonds. The topological polar surface area (TPSA) is 99.2 Å². The summed E-state index contributed by atoms with van der Waals surface area (Å²) in [7, 11) is 1.62. The van der Waals surface area contributed by atoms with Crippen LogP contribution in [0.15, 0.2) is 63.8 Å². The average molecular weight is 591 g/mol. The van der Waals surface area contributed by atoms with Crippen LogP contribution in [0.1, 0.15) is 43.7 Å². The van der Waals surface area contributed by atoms with Crippen molar-refractivity contribution < 1.29 is 4.74 Å². The number of ether oxygens (including phenoxy) is 1. The molecule has 1 spiro atoms. The molecule has 1 saturated heterocycles. The van der Waals surface area contributed by atoms with Crippen molar-refractivity contribution in [2.45, 2.75) is 62.0 Å². The molecule has 1 aliphatic carbocycles. The number of methoxy groups -OCH3 is 1. The molecule has 6 rings (SSSR count). The van der Waals surface area contributed by atoms with Gasteiger partial charge >= 0.3 is 0 Å². The first-order valence-electron chi connectivity index (χ1n) is 14.1. The number of nitrogens with two attached hydrogens (primary N) is 1. The first-order chi connectivity index (χ1) is 19.8. The van der Waals surface area contributed by atoms with E-state index in [0.717, 1.165) is 53.5 Å². The molecular formula is C31H35ClN6O2S. The minimum Gasteiger partial charge on any atom is -0.496 e. The molecule has 10 heteroatoms. The van der Waals surface area contributed by atoms with Crippen molar-refractivity contribution >= 4 is 40.1 Å². The number of aryl methyl sites for hydroxylation is 1. The Kier molecular flexibility index (Phi) is 7.70. The zero-order valence-corrected chi connectivity index (χ0v) is 25.2. The molecule has 0 bridgehead atoms. The van der Waals surface area contributed by atoms with Gasteiger partial charge in [-0.15, -0.1) is 0 Å². The van der Waals surface area contributed by atoms with Gasteiger partial charge in [-0.25, -0.2) is 15.0 Å². The summed E-state index contributed by atoms with van der Waals surface area (Å²) in [5.74, 6) is 2.21. The van der Waals surface area contributed by atoms with Gasteiger partial charge in [0.2, 0.25) is 0 Å². The van der Waals surface area contributed by atoms with Gasteiger partial charge in [0, 0.05) is 29.6 Å². The number of fused-ring (bicyclic) bond motifs is 1. The third-order valence-electron chi connectivity index (χ3n) is 9.00. The standard InChI is InChI=1S/C31H35ClN6O2S/c1-19-4-6-23(40-3)21(14-19)17-38-18-36-22-5-7-24(28(32)27(22)30(38)39)41-26-16-34-25(15-35-26)37-12-10-31(11-13-37)9-8-20(2)29(31)33/h4-7,14-16,18,20,29H,8-13,17,33H2,1-3H3/t20-,29-/m1/s1. The number of anilines is 1. The number of rotatable bonds is 6. The Morgan fingerprint density at radius 1 is 1.12 bits per heavy atom. The van der Waals surface area contributed by atoms with Crippen LogP contribution < -0.4 is 20.9 Å². The molecule has 3 heterocycles. The fourth-order valence-corrected chi connectivity index (χ4v) is 7.58. The van der Waals surface area contributed by atoms with Crippen LogP contribution in [0.4, 0.5) is 5.82 Å². The quantitative estimate of drug-likeness (QED) is 0.305. The second kappa shape index (κ2) is 11.3. The van der Waals surface area contributed by atoms with E-state index in [4.69, 9.17) is 27.1 Å². The van der Waals surface area contributed by atoms with E-state index in [9.17, 15) is 4.79 Å². The maximum Gasteiger partial charge on any atom is 0.263 e. The van der Waals surface area contributed by atoms with Crippen LogP contribution in [0.2, 0.25) is 5.02 Å². The molecule has 1 aliphatic heterocycles. The fraction of sp³-hybridized carbons (Fsp3) is 0.419. The van der Waals surface area contributed by atoms with E-state index in [-0.39, 0.29) is 11.0 Å². The predicted octanol–water partition coefficient (Wildman–Crippen LogP) is 5.70. The fourth-order valence-electron chi connectivity index (χ4n) is 6.46.